The third-order valence-corrected chi connectivity index (χ3v) is 8.21. The van der Waals surface area contributed by atoms with Crippen molar-refractivity contribution in [3.05, 3.63) is 83.9 Å². The number of carbonyl (C=O) groups excluding carboxylic acids is 1. The number of morpholine rings is 1. The number of hydrogen-bond donors (Lipinski definition) is 1. The molecule has 0 aromatic heterocycles. The summed E-state index contributed by atoms with van der Waals surface area (Å²) in [5.41, 5.74) is 3.45. The van der Waals surface area contributed by atoms with Crippen molar-refractivity contribution in [1.29, 1.82) is 0 Å². The molecule has 36 heavy (non-hydrogen) atoms. The van der Waals surface area contributed by atoms with E-state index in [2.05, 4.69) is 10.2 Å². The minimum atomic E-state index is -3.88. The molecule has 2 aliphatic rings. The van der Waals surface area contributed by atoms with Crippen LogP contribution >= 0.6 is 0 Å². The maximum Gasteiger partial charge on any atom is 0.264 e. The average molecular weight is 508 g/mol. The number of sulfonamides is 1. The highest BCUT2D eigenvalue weighted by molar-refractivity contribution is 7.92. The maximum absolute atomic E-state index is 13.5. The van der Waals surface area contributed by atoms with E-state index in [1.165, 1.54) is 4.31 Å². The third kappa shape index (κ3) is 5.03. The number of ether oxygens (including phenoxy) is 2. The molecule has 2 heterocycles. The molecule has 0 spiro atoms. The molecule has 2 aliphatic heterocycles. The molecule has 9 heteroatoms. The van der Waals surface area contributed by atoms with E-state index >= 15 is 0 Å². The van der Waals surface area contributed by atoms with Crippen LogP contribution in [0.25, 0.3) is 0 Å². The summed E-state index contributed by atoms with van der Waals surface area (Å²) >= 11 is 0. The first kappa shape index (κ1) is 24.1. The van der Waals surface area contributed by atoms with Crippen molar-refractivity contribution in [2.24, 2.45) is 0 Å². The smallest absolute Gasteiger partial charge is 0.264 e. The van der Waals surface area contributed by atoms with E-state index in [4.69, 9.17) is 9.47 Å². The SMILES string of the molecule is Cc1ccc(S(=O)(=O)N2CC(C(=O)NCc3ccc(N4CCOCC4)cc3)Oc3ccccc32)cc1. The van der Waals surface area contributed by atoms with Crippen LogP contribution in [0.4, 0.5) is 11.4 Å². The molecule has 1 atom stereocenters. The van der Waals surface area contributed by atoms with Crippen LogP contribution < -0.4 is 19.3 Å². The number of hydrogen-bond acceptors (Lipinski definition) is 6. The number of para-hydroxylation sites is 2. The van der Waals surface area contributed by atoms with E-state index in [-0.39, 0.29) is 17.3 Å². The summed E-state index contributed by atoms with van der Waals surface area (Å²) in [6, 6.07) is 21.6. The number of benzene rings is 3. The van der Waals surface area contributed by atoms with Gasteiger partial charge in [0.1, 0.15) is 5.75 Å². The standard InChI is InChI=1S/C27H29N3O5S/c1-20-6-12-23(13-7-20)36(32,33)30-19-26(35-25-5-3-2-4-24(25)30)27(31)28-18-21-8-10-22(11-9-21)29-14-16-34-17-15-29/h2-13,26H,14-19H2,1H3,(H,28,31). The van der Waals surface area contributed by atoms with Crippen LogP contribution in [0.2, 0.25) is 0 Å². The lowest BCUT2D eigenvalue weighted by molar-refractivity contribution is -0.127. The van der Waals surface area contributed by atoms with Crippen LogP contribution in [0.1, 0.15) is 11.1 Å². The lowest BCUT2D eigenvalue weighted by Crippen LogP contribution is -2.50. The van der Waals surface area contributed by atoms with E-state index in [1.807, 2.05) is 31.2 Å². The Labute approximate surface area is 211 Å². The van der Waals surface area contributed by atoms with Crippen molar-refractivity contribution in [2.75, 3.05) is 42.1 Å². The highest BCUT2D eigenvalue weighted by atomic mass is 32.2. The van der Waals surface area contributed by atoms with Gasteiger partial charge in [-0.3, -0.25) is 9.10 Å². The molecule has 8 nitrogen and oxygen atoms in total. The molecule has 188 valence electrons. The largest absolute Gasteiger partial charge is 0.476 e. The predicted molar refractivity (Wildman–Crippen MR) is 138 cm³/mol. The second-order valence-electron chi connectivity index (χ2n) is 8.91. The van der Waals surface area contributed by atoms with Crippen molar-refractivity contribution in [1.82, 2.24) is 5.32 Å². The Morgan fingerprint density at radius 3 is 2.39 bits per heavy atom. The Hall–Kier alpha value is -3.56. The first-order chi connectivity index (χ1) is 17.4. The molecule has 3 aromatic rings. The molecule has 5 rings (SSSR count). The average Bonchev–Trinajstić information content (AvgIpc) is 2.92. The van der Waals surface area contributed by atoms with E-state index in [1.54, 1.807) is 48.5 Å². The summed E-state index contributed by atoms with van der Waals surface area (Å²) in [4.78, 5) is 15.5. The Bertz CT molecular complexity index is 1320. The Kier molecular flexibility index (Phi) is 6.84. The van der Waals surface area contributed by atoms with E-state index in [0.717, 1.165) is 43.1 Å². The van der Waals surface area contributed by atoms with Gasteiger partial charge in [-0.1, -0.05) is 42.0 Å². The van der Waals surface area contributed by atoms with E-state index in [9.17, 15) is 13.2 Å². The molecule has 0 saturated carbocycles. The molecule has 1 amide bonds. The van der Waals surface area contributed by atoms with Crippen LogP contribution in [-0.2, 0) is 26.1 Å². The van der Waals surface area contributed by atoms with Crippen LogP contribution in [0, 0.1) is 6.92 Å². The number of fused-ring (bicyclic) bond motifs is 1. The quantitative estimate of drug-likeness (QED) is 0.552. The first-order valence-electron chi connectivity index (χ1n) is 12.0. The summed E-state index contributed by atoms with van der Waals surface area (Å²) in [6.45, 7) is 5.26. The minimum absolute atomic E-state index is 0.116. The van der Waals surface area contributed by atoms with Gasteiger partial charge in [0.15, 0.2) is 6.10 Å². The minimum Gasteiger partial charge on any atom is -0.476 e. The monoisotopic (exact) mass is 507 g/mol. The molecule has 3 aromatic carbocycles. The van der Waals surface area contributed by atoms with Gasteiger partial charge < -0.3 is 19.7 Å². The first-order valence-corrected chi connectivity index (χ1v) is 13.4. The van der Waals surface area contributed by atoms with Gasteiger partial charge in [0.2, 0.25) is 0 Å². The van der Waals surface area contributed by atoms with Crippen LogP contribution in [-0.4, -0.2) is 53.3 Å². The van der Waals surface area contributed by atoms with Crippen molar-refractivity contribution in [2.45, 2.75) is 24.5 Å². The van der Waals surface area contributed by atoms with Gasteiger partial charge in [0.25, 0.3) is 15.9 Å². The number of anilines is 2. The number of nitrogens with one attached hydrogen (secondary N) is 1. The lowest BCUT2D eigenvalue weighted by atomic mass is 10.1. The fourth-order valence-corrected chi connectivity index (χ4v) is 5.83. The fourth-order valence-electron chi connectivity index (χ4n) is 4.35. The van der Waals surface area contributed by atoms with Crippen LogP contribution in [0.5, 0.6) is 5.75 Å². The van der Waals surface area contributed by atoms with Crippen molar-refractivity contribution < 1.29 is 22.7 Å². The van der Waals surface area contributed by atoms with Gasteiger partial charge in [0, 0.05) is 25.3 Å². The zero-order valence-electron chi connectivity index (χ0n) is 20.1. The number of aryl methyl sites for hydroxylation is 1. The molecule has 0 bridgehead atoms. The third-order valence-electron chi connectivity index (χ3n) is 6.42. The van der Waals surface area contributed by atoms with Crippen molar-refractivity contribution in [3.63, 3.8) is 0 Å². The maximum atomic E-state index is 13.5. The topological polar surface area (TPSA) is 88.2 Å². The summed E-state index contributed by atoms with van der Waals surface area (Å²) in [5, 5.41) is 2.90. The number of amides is 1. The zero-order valence-corrected chi connectivity index (χ0v) is 20.9. The number of rotatable bonds is 6. The summed E-state index contributed by atoms with van der Waals surface area (Å²) < 4.78 is 39.6. The highest BCUT2D eigenvalue weighted by Gasteiger charge is 2.37. The normalized spacial score (nSPS) is 17.8. The van der Waals surface area contributed by atoms with E-state index in [0.29, 0.717) is 18.0 Å². The molecule has 1 fully saturated rings. The van der Waals surface area contributed by atoms with Crippen LogP contribution in [0.3, 0.4) is 0 Å². The summed E-state index contributed by atoms with van der Waals surface area (Å²) in [7, 11) is -3.88. The van der Waals surface area contributed by atoms with Crippen molar-refractivity contribution in [3.8, 4) is 5.75 Å². The molecule has 0 radical (unpaired) electrons. The Morgan fingerprint density at radius 1 is 0.972 bits per heavy atom. The van der Waals surface area contributed by atoms with Gasteiger partial charge in [0.05, 0.1) is 30.3 Å². The second kappa shape index (κ2) is 10.2. The second-order valence-corrected chi connectivity index (χ2v) is 10.8. The zero-order chi connectivity index (χ0) is 25.1. The Balaban J connectivity index is 1.29. The van der Waals surface area contributed by atoms with E-state index < -0.39 is 16.1 Å². The molecular formula is C27H29N3O5S. The van der Waals surface area contributed by atoms with Gasteiger partial charge in [-0.2, -0.15) is 0 Å². The fraction of sp³-hybridized carbons (Fsp3) is 0.296. The molecule has 1 unspecified atom stereocenters. The van der Waals surface area contributed by atoms with Gasteiger partial charge in [-0.15, -0.1) is 0 Å². The summed E-state index contributed by atoms with van der Waals surface area (Å²) in [5.74, 6) is -0.0136. The highest BCUT2D eigenvalue weighted by Crippen LogP contribution is 2.36. The predicted octanol–water partition coefficient (Wildman–Crippen LogP) is 3.10. The lowest BCUT2D eigenvalue weighted by Gasteiger charge is -2.34. The van der Waals surface area contributed by atoms with Gasteiger partial charge in [-0.25, -0.2) is 8.42 Å². The number of nitrogens with zero attached hydrogens (tertiary/aromatic N) is 2. The number of carbonyl (C=O) groups is 1. The van der Waals surface area contributed by atoms with Crippen molar-refractivity contribution >= 4 is 27.3 Å². The molecule has 1 N–H and O–H groups in total. The van der Waals surface area contributed by atoms with Gasteiger partial charge in [-0.05, 0) is 48.9 Å². The van der Waals surface area contributed by atoms with Crippen LogP contribution in [0.15, 0.2) is 77.7 Å². The molecule has 1 saturated heterocycles. The van der Waals surface area contributed by atoms with Gasteiger partial charge >= 0.3 is 0 Å². The molecule has 0 aliphatic carbocycles. The summed E-state index contributed by atoms with van der Waals surface area (Å²) in [6.07, 6.45) is -0.979. The Morgan fingerprint density at radius 2 is 1.67 bits per heavy atom. The molecular weight excluding hydrogens is 478 g/mol.